The molecule has 0 aliphatic heterocycles. The van der Waals surface area contributed by atoms with Gasteiger partial charge in [-0.3, -0.25) is 4.99 Å². The molecule has 5 aromatic carbocycles. The molecule has 0 heterocycles. The Labute approximate surface area is 329 Å². The van der Waals surface area contributed by atoms with Crippen LogP contribution in [-0.4, -0.2) is 5.71 Å². The molecule has 0 radical (unpaired) electrons. The molecule has 0 aliphatic rings. The minimum atomic E-state index is -0.930. The van der Waals surface area contributed by atoms with Crippen LogP contribution >= 0.6 is 7.92 Å². The molecule has 5 aromatic rings. The Morgan fingerprint density at radius 2 is 0.865 bits per heavy atom. The fraction of sp³-hybridized carbons (Fsp3) is 0.312. The molecule has 52 heavy (non-hydrogen) atoms. The molecular weight excluding hydrogens is 642 g/mol. The van der Waals surface area contributed by atoms with Crippen LogP contribution in [0.25, 0.3) is 5.32 Å². The number of rotatable bonds is 11. The Kier molecular flexibility index (Phi) is 16.9. The summed E-state index contributed by atoms with van der Waals surface area (Å²) in [5, 5.41) is 9.39. The van der Waals surface area contributed by atoms with Crippen molar-refractivity contribution in [3.63, 3.8) is 0 Å². The molecule has 0 N–H and O–H groups in total. The molecule has 0 amide bonds. The van der Waals surface area contributed by atoms with E-state index in [2.05, 4.69) is 185 Å². The molecule has 0 atom stereocenters. The van der Waals surface area contributed by atoms with Crippen molar-refractivity contribution in [2.45, 2.75) is 99.8 Å². The SMILES string of the molecule is CC(=Nc1c(C(C)C)cccc1C(C)C)/C(=C(/C)[N-]c1c(C(C)C)cccc1C(C)C)P(c1ccccc1)c1ccccc1.Cc1ccccc1.[Li+]. The van der Waals surface area contributed by atoms with E-state index in [4.69, 9.17) is 10.3 Å². The summed E-state index contributed by atoms with van der Waals surface area (Å²) >= 11 is 0. The van der Waals surface area contributed by atoms with E-state index in [0.717, 1.165) is 22.8 Å². The molecule has 0 aliphatic carbocycles. The van der Waals surface area contributed by atoms with Gasteiger partial charge in [-0.2, -0.15) is 5.70 Å². The van der Waals surface area contributed by atoms with Gasteiger partial charge in [0.25, 0.3) is 0 Å². The van der Waals surface area contributed by atoms with Crippen molar-refractivity contribution in [2.24, 2.45) is 4.99 Å². The van der Waals surface area contributed by atoms with Gasteiger partial charge in [-0.15, -0.1) is 5.69 Å². The first-order valence-electron chi connectivity index (χ1n) is 18.6. The first kappa shape index (κ1) is 42.7. The fourth-order valence-electron chi connectivity index (χ4n) is 6.40. The van der Waals surface area contributed by atoms with Gasteiger partial charge in [0.15, 0.2) is 0 Å². The zero-order valence-corrected chi connectivity index (χ0v) is 34.7. The van der Waals surface area contributed by atoms with Crippen LogP contribution in [0.2, 0.25) is 0 Å². The number of hydrogen-bond donors (Lipinski definition) is 0. The third kappa shape index (κ3) is 11.2. The molecule has 5 rings (SSSR count). The van der Waals surface area contributed by atoms with Gasteiger partial charge in [0.2, 0.25) is 0 Å². The topological polar surface area (TPSA) is 26.5 Å². The summed E-state index contributed by atoms with van der Waals surface area (Å²) in [6, 6.07) is 45.5. The zero-order valence-electron chi connectivity index (χ0n) is 33.8. The third-order valence-electron chi connectivity index (χ3n) is 9.12. The van der Waals surface area contributed by atoms with Gasteiger partial charge < -0.3 is 5.32 Å². The van der Waals surface area contributed by atoms with Crippen LogP contribution in [0.1, 0.15) is 121 Å². The van der Waals surface area contributed by atoms with E-state index in [0.29, 0.717) is 23.7 Å². The average Bonchev–Trinajstić information content (AvgIpc) is 3.11. The normalized spacial score (nSPS) is 12.1. The van der Waals surface area contributed by atoms with Crippen LogP contribution in [0.4, 0.5) is 11.4 Å². The van der Waals surface area contributed by atoms with Crippen molar-refractivity contribution in [3.8, 4) is 0 Å². The fourth-order valence-corrected chi connectivity index (χ4v) is 8.91. The number of aliphatic imine (C=N–C) groups is 1. The second kappa shape index (κ2) is 20.5. The maximum Gasteiger partial charge on any atom is 1.00 e. The van der Waals surface area contributed by atoms with Crippen LogP contribution in [0, 0.1) is 6.92 Å². The maximum atomic E-state index is 5.57. The Balaban J connectivity index is 0.000000814. The minimum Gasteiger partial charge on any atom is -0.660 e. The van der Waals surface area contributed by atoms with Gasteiger partial charge in [0.1, 0.15) is 0 Å². The summed E-state index contributed by atoms with van der Waals surface area (Å²) in [4.78, 5) is 5.57. The van der Waals surface area contributed by atoms with Crippen LogP contribution in [-0.2, 0) is 0 Å². The summed E-state index contributed by atoms with van der Waals surface area (Å²) in [6.07, 6.45) is 0. The second-order valence-corrected chi connectivity index (χ2v) is 16.7. The molecule has 0 fully saturated rings. The predicted octanol–water partition coefficient (Wildman–Crippen LogP) is 11.3. The molecule has 0 bridgehead atoms. The predicted molar refractivity (Wildman–Crippen MR) is 228 cm³/mol. The van der Waals surface area contributed by atoms with Gasteiger partial charge in [-0.05, 0) is 72.5 Å². The molecular formula is C48H58LiN2P. The molecule has 0 aromatic heterocycles. The smallest absolute Gasteiger partial charge is 0.660 e. The van der Waals surface area contributed by atoms with Crippen LogP contribution < -0.4 is 29.5 Å². The van der Waals surface area contributed by atoms with Gasteiger partial charge in [0, 0.05) is 5.71 Å². The van der Waals surface area contributed by atoms with E-state index in [-0.39, 0.29) is 18.9 Å². The maximum absolute atomic E-state index is 5.57. The second-order valence-electron chi connectivity index (χ2n) is 14.6. The zero-order chi connectivity index (χ0) is 37.1. The number of benzene rings is 5. The van der Waals surface area contributed by atoms with Gasteiger partial charge >= 0.3 is 18.9 Å². The van der Waals surface area contributed by atoms with Gasteiger partial charge in [-0.1, -0.05) is 206 Å². The van der Waals surface area contributed by atoms with Gasteiger partial charge in [0.05, 0.1) is 5.69 Å². The van der Waals surface area contributed by atoms with E-state index >= 15 is 0 Å². The summed E-state index contributed by atoms with van der Waals surface area (Å²) in [5.41, 5.74) is 10.8. The number of para-hydroxylation sites is 2. The van der Waals surface area contributed by atoms with Crippen LogP contribution in [0.5, 0.6) is 0 Å². The van der Waals surface area contributed by atoms with E-state index in [9.17, 15) is 0 Å². The standard InChI is InChI=1S/C41H50N2P.C7H8.Li/c1-27(2)35-23-17-24-36(28(3)4)39(35)42-31(9)41(44(33-19-13-11-14-20-33)34-21-15-12-16-22-34)32(10)43-40-37(29(5)6)25-18-26-38(40)30(7)8;1-7-5-3-2-4-6-7;/h11-30H,1-10H3;2-6H,1H3;/q-1;;+1/b41-31+,43-32?;;. The van der Waals surface area contributed by atoms with Crippen LogP contribution in [0.3, 0.4) is 0 Å². The van der Waals surface area contributed by atoms with Crippen molar-refractivity contribution in [1.82, 2.24) is 0 Å². The Morgan fingerprint density at radius 3 is 1.21 bits per heavy atom. The Bertz CT molecular complexity index is 1800. The summed E-state index contributed by atoms with van der Waals surface area (Å²) in [7, 11) is -0.930. The minimum absolute atomic E-state index is 0. The first-order chi connectivity index (χ1) is 24.4. The first-order valence-corrected chi connectivity index (χ1v) is 19.9. The molecule has 4 heteroatoms. The third-order valence-corrected chi connectivity index (χ3v) is 11.8. The summed E-state index contributed by atoms with van der Waals surface area (Å²) < 4.78 is 0. The Morgan fingerprint density at radius 1 is 0.500 bits per heavy atom. The van der Waals surface area contributed by atoms with E-state index in [1.165, 1.54) is 43.7 Å². The van der Waals surface area contributed by atoms with E-state index < -0.39 is 7.92 Å². The number of allylic oxidation sites excluding steroid dienone is 2. The molecule has 2 nitrogen and oxygen atoms in total. The molecule has 0 saturated heterocycles. The molecule has 0 spiro atoms. The van der Waals surface area contributed by atoms with Crippen LogP contribution in [0.15, 0.2) is 143 Å². The van der Waals surface area contributed by atoms with E-state index in [1.807, 2.05) is 18.2 Å². The molecule has 266 valence electrons. The van der Waals surface area contributed by atoms with E-state index in [1.54, 1.807) is 0 Å². The van der Waals surface area contributed by atoms with Crippen molar-refractivity contribution < 1.29 is 18.9 Å². The molecule has 0 unspecified atom stereocenters. The van der Waals surface area contributed by atoms with Crippen molar-refractivity contribution in [2.75, 3.05) is 0 Å². The van der Waals surface area contributed by atoms with Crippen molar-refractivity contribution in [3.05, 3.63) is 172 Å². The average molecular weight is 701 g/mol. The van der Waals surface area contributed by atoms with Crippen molar-refractivity contribution >= 4 is 35.6 Å². The van der Waals surface area contributed by atoms with Crippen molar-refractivity contribution in [1.29, 1.82) is 0 Å². The quantitative estimate of drug-likeness (QED) is 0.0745. The summed E-state index contributed by atoms with van der Waals surface area (Å²) in [6.45, 7) is 24.6. The number of hydrogen-bond acceptors (Lipinski definition) is 1. The molecule has 0 saturated carbocycles. The number of nitrogens with zero attached hydrogens (tertiary/aromatic N) is 2. The summed E-state index contributed by atoms with van der Waals surface area (Å²) in [5.74, 6) is 1.48. The number of aryl methyl sites for hydroxylation is 1. The Hall–Kier alpha value is -3.66. The largest absolute Gasteiger partial charge is 1.00 e. The van der Waals surface area contributed by atoms with Gasteiger partial charge in [-0.25, -0.2) is 0 Å². The monoisotopic (exact) mass is 700 g/mol.